The minimum atomic E-state index is -1.84. The molecule has 1 aromatic rings. The third kappa shape index (κ3) is 3.59. The zero-order valence-corrected chi connectivity index (χ0v) is 10.3. The largest absolute Gasteiger partial charge is 0.127 e. The van der Waals surface area contributed by atoms with Gasteiger partial charge in [0.05, 0.1) is 5.39 Å². The number of halogens is 2. The van der Waals surface area contributed by atoms with Crippen LogP contribution in [0.5, 0.6) is 0 Å². The molecule has 1 rings (SSSR count). The second-order valence-electron chi connectivity index (χ2n) is 2.75. The number of rotatable bonds is 4. The molecule has 0 nitrogen and oxygen atoms in total. The first kappa shape index (κ1) is 11.5. The predicted octanol–water partition coefficient (Wildman–Crippen LogP) is 3.57. The molecule has 0 amide bonds. The van der Waals surface area contributed by atoms with Gasteiger partial charge in [-0.15, -0.1) is 11.6 Å². The zero-order valence-electron chi connectivity index (χ0n) is 7.12. The maximum absolute atomic E-state index is 6.31. The quantitative estimate of drug-likeness (QED) is 0.583. The second-order valence-corrected chi connectivity index (χ2v) is 9.60. The average Bonchev–Trinajstić information content (AvgIpc) is 2.16. The van der Waals surface area contributed by atoms with Gasteiger partial charge in [-0.1, -0.05) is 53.4 Å². The Balaban J connectivity index is 2.76. The molecule has 0 N–H and O–H groups in total. The van der Waals surface area contributed by atoms with Crippen LogP contribution in [-0.2, 0) is 11.8 Å². The van der Waals surface area contributed by atoms with E-state index >= 15 is 0 Å². The summed E-state index contributed by atoms with van der Waals surface area (Å²) >= 11 is 17.3. The highest BCUT2D eigenvalue weighted by Gasteiger charge is 2.14. The first-order chi connectivity index (χ1) is 6.17. The van der Waals surface area contributed by atoms with E-state index in [0.717, 1.165) is 17.9 Å². The summed E-state index contributed by atoms with van der Waals surface area (Å²) in [6.07, 6.45) is 1.74. The zero-order chi connectivity index (χ0) is 9.73. The molecule has 0 radical (unpaired) electrons. The lowest BCUT2D eigenvalue weighted by Gasteiger charge is -2.13. The summed E-state index contributed by atoms with van der Waals surface area (Å²) in [5, 5.41) is -0.746. The molecule has 0 saturated heterocycles. The molecule has 1 atom stereocenters. The Kier molecular flexibility index (Phi) is 4.75. The van der Waals surface area contributed by atoms with Crippen molar-refractivity contribution in [3.05, 3.63) is 30.3 Å². The molecule has 72 valence electrons. The van der Waals surface area contributed by atoms with Crippen molar-refractivity contribution in [2.45, 2.75) is 6.42 Å². The van der Waals surface area contributed by atoms with Crippen LogP contribution in [0.15, 0.2) is 30.3 Å². The van der Waals surface area contributed by atoms with E-state index in [4.69, 9.17) is 34.6 Å². The highest BCUT2D eigenvalue weighted by Crippen LogP contribution is 2.50. The second kappa shape index (κ2) is 5.36. The molecule has 0 heterocycles. The van der Waals surface area contributed by atoms with E-state index < -0.39 is 5.39 Å². The summed E-state index contributed by atoms with van der Waals surface area (Å²) in [5.74, 6) is 0.637. The van der Waals surface area contributed by atoms with E-state index in [0.29, 0.717) is 5.88 Å². The van der Waals surface area contributed by atoms with Crippen molar-refractivity contribution < 1.29 is 0 Å². The number of hydrogen-bond acceptors (Lipinski definition) is 1. The lowest BCUT2D eigenvalue weighted by Crippen LogP contribution is -2.02. The van der Waals surface area contributed by atoms with Gasteiger partial charge in [-0.3, -0.25) is 0 Å². The van der Waals surface area contributed by atoms with E-state index in [1.54, 1.807) is 0 Å². The van der Waals surface area contributed by atoms with Crippen molar-refractivity contribution in [2.24, 2.45) is 0 Å². The van der Waals surface area contributed by atoms with Crippen LogP contribution in [0.25, 0.3) is 0 Å². The van der Waals surface area contributed by atoms with Crippen molar-refractivity contribution in [1.29, 1.82) is 0 Å². The van der Waals surface area contributed by atoms with Gasteiger partial charge in [-0.2, -0.15) is 0 Å². The van der Waals surface area contributed by atoms with Gasteiger partial charge in [0, 0.05) is 5.88 Å². The Labute approximate surface area is 94.0 Å². The monoisotopic (exact) mass is 252 g/mol. The van der Waals surface area contributed by atoms with E-state index in [1.165, 1.54) is 0 Å². The molecular formula is C9H11Cl2PS. The normalized spacial score (nSPS) is 15.2. The lowest BCUT2D eigenvalue weighted by atomic mass is 10.4. The Hall–Kier alpha value is 0.450. The van der Waals surface area contributed by atoms with Gasteiger partial charge in [0.1, 0.15) is 0 Å². The SMILES string of the molecule is S=P(Cl)(CCCCl)c1ccccc1. The lowest BCUT2D eigenvalue weighted by molar-refractivity contribution is 1.11. The molecule has 1 unspecified atom stereocenters. The van der Waals surface area contributed by atoms with Crippen molar-refractivity contribution in [3.63, 3.8) is 0 Å². The summed E-state index contributed by atoms with van der Waals surface area (Å²) in [7, 11) is 0. The van der Waals surface area contributed by atoms with Crippen LogP contribution in [0, 0.1) is 0 Å². The fraction of sp³-hybridized carbons (Fsp3) is 0.333. The smallest absolute Gasteiger partial charge is 0.0659 e. The van der Waals surface area contributed by atoms with Crippen LogP contribution >= 0.6 is 28.2 Å². The molecule has 1 aromatic carbocycles. The van der Waals surface area contributed by atoms with Crippen LogP contribution in [0.1, 0.15) is 6.42 Å². The molecule has 4 heteroatoms. The molecule has 0 fully saturated rings. The number of hydrogen-bond donors (Lipinski definition) is 0. The van der Waals surface area contributed by atoms with Gasteiger partial charge in [0.15, 0.2) is 0 Å². The number of benzene rings is 1. The molecule has 0 aliphatic heterocycles. The minimum Gasteiger partial charge on any atom is -0.127 e. The molecule has 0 aliphatic rings. The van der Waals surface area contributed by atoms with Crippen LogP contribution in [0.2, 0.25) is 0 Å². The third-order valence-corrected chi connectivity index (χ3v) is 6.22. The Bertz CT molecular complexity index is 300. The van der Waals surface area contributed by atoms with Gasteiger partial charge in [-0.05, 0) is 17.9 Å². The topological polar surface area (TPSA) is 0 Å². The van der Waals surface area contributed by atoms with Crippen molar-refractivity contribution in [2.75, 3.05) is 12.0 Å². The molecule has 0 aliphatic carbocycles. The first-order valence-corrected chi connectivity index (χ1v) is 8.50. The van der Waals surface area contributed by atoms with Crippen molar-refractivity contribution in [1.82, 2.24) is 0 Å². The van der Waals surface area contributed by atoms with Crippen molar-refractivity contribution in [3.8, 4) is 0 Å². The maximum Gasteiger partial charge on any atom is 0.0659 e. The molecule has 0 aromatic heterocycles. The molecule has 13 heavy (non-hydrogen) atoms. The Morgan fingerprint density at radius 1 is 1.23 bits per heavy atom. The average molecular weight is 253 g/mol. The summed E-state index contributed by atoms with van der Waals surface area (Å²) in [6.45, 7) is 0. The predicted molar refractivity (Wildman–Crippen MR) is 66.4 cm³/mol. The Morgan fingerprint density at radius 3 is 2.38 bits per heavy atom. The summed E-state index contributed by atoms with van der Waals surface area (Å²) in [6, 6.07) is 9.92. The van der Waals surface area contributed by atoms with E-state index in [-0.39, 0.29) is 0 Å². The maximum atomic E-state index is 6.31. The van der Waals surface area contributed by atoms with Crippen molar-refractivity contribution >= 4 is 45.3 Å². The van der Waals surface area contributed by atoms with E-state index in [1.807, 2.05) is 30.3 Å². The van der Waals surface area contributed by atoms with E-state index in [9.17, 15) is 0 Å². The van der Waals surface area contributed by atoms with Crippen LogP contribution in [0.3, 0.4) is 0 Å². The molecular weight excluding hydrogens is 242 g/mol. The minimum absolute atomic E-state index is 0.637. The van der Waals surface area contributed by atoms with Gasteiger partial charge >= 0.3 is 0 Å². The van der Waals surface area contributed by atoms with Crippen LogP contribution in [0.4, 0.5) is 0 Å². The van der Waals surface area contributed by atoms with Gasteiger partial charge < -0.3 is 0 Å². The van der Waals surface area contributed by atoms with Crippen LogP contribution in [-0.4, -0.2) is 12.0 Å². The first-order valence-electron chi connectivity index (χ1n) is 4.07. The summed E-state index contributed by atoms with van der Waals surface area (Å²) in [4.78, 5) is 0. The van der Waals surface area contributed by atoms with Crippen LogP contribution < -0.4 is 5.30 Å². The summed E-state index contributed by atoms with van der Waals surface area (Å²) in [5.41, 5.74) is 0. The highest BCUT2D eigenvalue weighted by molar-refractivity contribution is 8.30. The standard InChI is InChI=1S/C9H11Cl2PS/c10-7-4-8-12(11,13)9-5-2-1-3-6-9/h1-3,5-6H,4,7-8H2. The van der Waals surface area contributed by atoms with Gasteiger partial charge in [0.2, 0.25) is 0 Å². The van der Waals surface area contributed by atoms with Gasteiger partial charge in [-0.25, -0.2) is 0 Å². The molecule has 0 bridgehead atoms. The van der Waals surface area contributed by atoms with E-state index in [2.05, 4.69) is 0 Å². The highest BCUT2D eigenvalue weighted by atomic mass is 35.7. The third-order valence-electron chi connectivity index (χ3n) is 1.72. The molecule has 0 saturated carbocycles. The number of alkyl halides is 1. The molecule has 0 spiro atoms. The fourth-order valence-corrected chi connectivity index (χ4v) is 4.25. The van der Waals surface area contributed by atoms with Gasteiger partial charge in [0.25, 0.3) is 0 Å². The fourth-order valence-electron chi connectivity index (χ4n) is 1.04. The Morgan fingerprint density at radius 2 is 1.85 bits per heavy atom. The summed E-state index contributed by atoms with van der Waals surface area (Å²) < 4.78 is 0.